The van der Waals surface area contributed by atoms with Crippen LogP contribution in [0.3, 0.4) is 0 Å². The van der Waals surface area contributed by atoms with Crippen LogP contribution in [0, 0.1) is 13.8 Å². The Bertz CT molecular complexity index is 960. The molecular formula is C19H20N2O3S. The van der Waals surface area contributed by atoms with Gasteiger partial charge in [0.15, 0.2) is 11.9 Å². The van der Waals surface area contributed by atoms with Crippen molar-refractivity contribution in [3.63, 3.8) is 0 Å². The van der Waals surface area contributed by atoms with Crippen LogP contribution >= 0.6 is 11.3 Å². The van der Waals surface area contributed by atoms with Crippen molar-refractivity contribution in [2.75, 3.05) is 0 Å². The van der Waals surface area contributed by atoms with Gasteiger partial charge in [0.2, 0.25) is 0 Å². The van der Waals surface area contributed by atoms with Crippen LogP contribution in [0.2, 0.25) is 0 Å². The highest BCUT2D eigenvalue weighted by molar-refractivity contribution is 7.18. The van der Waals surface area contributed by atoms with E-state index in [4.69, 9.17) is 4.74 Å². The van der Waals surface area contributed by atoms with E-state index in [1.807, 2.05) is 44.2 Å². The van der Waals surface area contributed by atoms with Crippen molar-refractivity contribution in [2.45, 2.75) is 39.7 Å². The molecule has 0 bridgehead atoms. The number of H-pyrrole nitrogens is 1. The number of aromatic amines is 1. The molecule has 0 amide bonds. The molecule has 0 aliphatic heterocycles. The van der Waals surface area contributed by atoms with Crippen molar-refractivity contribution >= 4 is 27.5 Å². The molecule has 0 saturated heterocycles. The van der Waals surface area contributed by atoms with Crippen LogP contribution in [0.5, 0.6) is 0 Å². The van der Waals surface area contributed by atoms with Crippen LogP contribution in [0.1, 0.15) is 41.3 Å². The smallest absolute Gasteiger partial charge is 0.306 e. The summed E-state index contributed by atoms with van der Waals surface area (Å²) >= 11 is 1.48. The summed E-state index contributed by atoms with van der Waals surface area (Å²) < 4.78 is 5.43. The van der Waals surface area contributed by atoms with Crippen LogP contribution < -0.4 is 5.56 Å². The minimum atomic E-state index is -0.594. The van der Waals surface area contributed by atoms with E-state index in [1.165, 1.54) is 11.3 Å². The second-order valence-electron chi connectivity index (χ2n) is 6.03. The average molecular weight is 356 g/mol. The Balaban J connectivity index is 1.70. The van der Waals surface area contributed by atoms with Gasteiger partial charge >= 0.3 is 5.97 Å². The number of nitrogens with one attached hydrogen (secondary N) is 1. The molecule has 3 rings (SSSR count). The molecule has 25 heavy (non-hydrogen) atoms. The third kappa shape index (κ3) is 3.79. The monoisotopic (exact) mass is 356 g/mol. The molecule has 1 N–H and O–H groups in total. The highest BCUT2D eigenvalue weighted by Crippen LogP contribution is 2.27. The second-order valence-corrected chi connectivity index (χ2v) is 7.24. The standard InChI is InChI=1S/C19H20N2O3S/c1-11-13(3)25-19-16(11)18(23)20-17(21-19)12(2)24-15(22)10-9-14-7-5-4-6-8-14/h4-8,12H,9-10H2,1-3H3,(H,20,21,23)/t12-/m0/s1. The molecule has 1 atom stereocenters. The summed E-state index contributed by atoms with van der Waals surface area (Å²) in [4.78, 5) is 33.3. The summed E-state index contributed by atoms with van der Waals surface area (Å²) in [5, 5.41) is 0.619. The van der Waals surface area contributed by atoms with Crippen LogP contribution in [0.25, 0.3) is 10.2 Å². The predicted molar refractivity (Wildman–Crippen MR) is 99.0 cm³/mol. The Morgan fingerprint density at radius 1 is 1.28 bits per heavy atom. The lowest BCUT2D eigenvalue weighted by Gasteiger charge is -2.12. The first-order valence-corrected chi connectivity index (χ1v) is 9.00. The molecular weight excluding hydrogens is 336 g/mol. The minimum absolute atomic E-state index is 0.186. The second kappa shape index (κ2) is 7.19. The summed E-state index contributed by atoms with van der Waals surface area (Å²) in [6, 6.07) is 9.78. The van der Waals surface area contributed by atoms with Gasteiger partial charge in [-0.3, -0.25) is 9.59 Å². The number of nitrogens with zero attached hydrogens (tertiary/aromatic N) is 1. The molecule has 0 spiro atoms. The zero-order valence-corrected chi connectivity index (χ0v) is 15.3. The van der Waals surface area contributed by atoms with E-state index in [2.05, 4.69) is 9.97 Å². The number of aryl methyl sites for hydroxylation is 3. The van der Waals surface area contributed by atoms with E-state index in [1.54, 1.807) is 6.92 Å². The average Bonchev–Trinajstić information content (AvgIpc) is 2.88. The summed E-state index contributed by atoms with van der Waals surface area (Å²) in [5.41, 5.74) is 1.85. The molecule has 0 fully saturated rings. The molecule has 1 aromatic carbocycles. The fraction of sp³-hybridized carbons (Fsp3) is 0.316. The van der Waals surface area contributed by atoms with E-state index in [9.17, 15) is 9.59 Å². The zero-order chi connectivity index (χ0) is 18.0. The molecule has 5 nitrogen and oxygen atoms in total. The van der Waals surface area contributed by atoms with Crippen molar-refractivity contribution in [3.8, 4) is 0 Å². The summed E-state index contributed by atoms with van der Waals surface area (Å²) in [7, 11) is 0. The van der Waals surface area contributed by atoms with E-state index >= 15 is 0 Å². The fourth-order valence-corrected chi connectivity index (χ4v) is 3.70. The number of ether oxygens (including phenoxy) is 1. The Morgan fingerprint density at radius 3 is 2.72 bits per heavy atom. The molecule has 3 aromatic rings. The molecule has 0 radical (unpaired) electrons. The van der Waals surface area contributed by atoms with Gasteiger partial charge in [0.1, 0.15) is 4.83 Å². The Hall–Kier alpha value is -2.47. The molecule has 0 aliphatic carbocycles. The van der Waals surface area contributed by atoms with Gasteiger partial charge in [0.25, 0.3) is 5.56 Å². The van der Waals surface area contributed by atoms with Crippen molar-refractivity contribution in [3.05, 3.63) is 62.5 Å². The van der Waals surface area contributed by atoms with Gasteiger partial charge in [-0.1, -0.05) is 30.3 Å². The van der Waals surface area contributed by atoms with Crippen LogP contribution in [-0.4, -0.2) is 15.9 Å². The number of esters is 1. The largest absolute Gasteiger partial charge is 0.454 e. The molecule has 0 unspecified atom stereocenters. The molecule has 0 aliphatic rings. The molecule has 6 heteroatoms. The Morgan fingerprint density at radius 2 is 2.00 bits per heavy atom. The van der Waals surface area contributed by atoms with Gasteiger partial charge in [-0.25, -0.2) is 4.98 Å². The third-order valence-electron chi connectivity index (χ3n) is 4.21. The molecule has 130 valence electrons. The first kappa shape index (κ1) is 17.4. The van der Waals surface area contributed by atoms with Crippen LogP contribution in [0.4, 0.5) is 0 Å². The summed E-state index contributed by atoms with van der Waals surface area (Å²) in [5.74, 6) is 0.0736. The fourth-order valence-electron chi connectivity index (χ4n) is 2.67. The van der Waals surface area contributed by atoms with E-state index in [0.717, 1.165) is 16.0 Å². The van der Waals surface area contributed by atoms with E-state index in [0.29, 0.717) is 22.5 Å². The number of carbonyl (C=O) groups excluding carboxylic acids is 1. The number of thiophene rings is 1. The number of hydrogen-bond donors (Lipinski definition) is 1. The van der Waals surface area contributed by atoms with Gasteiger partial charge in [-0.05, 0) is 38.3 Å². The lowest BCUT2D eigenvalue weighted by atomic mass is 10.1. The zero-order valence-electron chi connectivity index (χ0n) is 14.5. The highest BCUT2D eigenvalue weighted by atomic mass is 32.1. The number of carbonyl (C=O) groups is 1. The number of aromatic nitrogens is 2. The molecule has 2 aromatic heterocycles. The van der Waals surface area contributed by atoms with Gasteiger partial charge < -0.3 is 9.72 Å². The van der Waals surface area contributed by atoms with Gasteiger partial charge in [0, 0.05) is 11.3 Å². The SMILES string of the molecule is Cc1sc2nc([C@H](C)OC(=O)CCc3ccccc3)[nH]c(=O)c2c1C. The molecule has 2 heterocycles. The maximum atomic E-state index is 12.3. The summed E-state index contributed by atoms with van der Waals surface area (Å²) in [6.45, 7) is 5.60. The number of hydrogen-bond acceptors (Lipinski definition) is 5. The predicted octanol–water partition coefficient (Wildman–Crippen LogP) is 3.84. The van der Waals surface area contributed by atoms with E-state index < -0.39 is 6.10 Å². The third-order valence-corrected chi connectivity index (χ3v) is 5.31. The quantitative estimate of drug-likeness (QED) is 0.705. The topological polar surface area (TPSA) is 72.0 Å². The summed E-state index contributed by atoms with van der Waals surface area (Å²) in [6.07, 6.45) is 0.319. The number of rotatable bonds is 5. The number of benzene rings is 1. The Labute approximate surface area is 149 Å². The van der Waals surface area contributed by atoms with Crippen molar-refractivity contribution in [2.24, 2.45) is 0 Å². The number of fused-ring (bicyclic) bond motifs is 1. The Kier molecular flexibility index (Phi) is 4.99. The van der Waals surface area contributed by atoms with Gasteiger partial charge in [-0.2, -0.15) is 0 Å². The van der Waals surface area contributed by atoms with Crippen LogP contribution in [-0.2, 0) is 16.0 Å². The van der Waals surface area contributed by atoms with Crippen molar-refractivity contribution in [1.29, 1.82) is 0 Å². The van der Waals surface area contributed by atoms with Crippen molar-refractivity contribution in [1.82, 2.24) is 9.97 Å². The molecule has 0 saturated carbocycles. The first-order chi connectivity index (χ1) is 12.0. The first-order valence-electron chi connectivity index (χ1n) is 8.19. The lowest BCUT2D eigenvalue weighted by molar-refractivity contribution is -0.148. The lowest BCUT2D eigenvalue weighted by Crippen LogP contribution is -2.17. The normalized spacial score (nSPS) is 12.3. The van der Waals surface area contributed by atoms with Gasteiger partial charge in [0.05, 0.1) is 5.39 Å². The maximum absolute atomic E-state index is 12.3. The van der Waals surface area contributed by atoms with Crippen molar-refractivity contribution < 1.29 is 9.53 Å². The minimum Gasteiger partial charge on any atom is -0.454 e. The van der Waals surface area contributed by atoms with Gasteiger partial charge in [-0.15, -0.1) is 11.3 Å². The maximum Gasteiger partial charge on any atom is 0.306 e. The highest BCUT2D eigenvalue weighted by Gasteiger charge is 2.18. The van der Waals surface area contributed by atoms with E-state index in [-0.39, 0.29) is 17.9 Å². The van der Waals surface area contributed by atoms with Crippen LogP contribution in [0.15, 0.2) is 35.1 Å².